The monoisotopic (exact) mass is 171 g/mol. The van der Waals surface area contributed by atoms with Crippen molar-refractivity contribution in [2.75, 3.05) is 6.54 Å². The zero-order valence-corrected chi connectivity index (χ0v) is 7.26. The molecule has 12 heavy (non-hydrogen) atoms. The smallest absolute Gasteiger partial charge is 0.320 e. The van der Waals surface area contributed by atoms with Crippen molar-refractivity contribution in [3.05, 3.63) is 0 Å². The largest absolute Gasteiger partial charge is 0.480 e. The molecule has 0 spiro atoms. The molecule has 0 aromatic carbocycles. The van der Waals surface area contributed by atoms with E-state index in [9.17, 15) is 9.59 Å². The summed E-state index contributed by atoms with van der Waals surface area (Å²) in [5, 5.41) is 11.5. The second-order valence-electron chi connectivity index (χ2n) is 3.59. The van der Waals surface area contributed by atoms with Gasteiger partial charge in [0.15, 0.2) is 0 Å². The van der Waals surface area contributed by atoms with Gasteiger partial charge in [0.25, 0.3) is 0 Å². The zero-order valence-electron chi connectivity index (χ0n) is 7.26. The minimum absolute atomic E-state index is 0.0544. The standard InChI is InChI=1S/C8H13NO3/c1-5(10)8(2)3-6(7(11)12)9-4-8/h6,9H,3-4H2,1-2H3,(H,11,12)/t6-,8-/m1/s1. The van der Waals surface area contributed by atoms with Crippen LogP contribution in [0.5, 0.6) is 0 Å². The van der Waals surface area contributed by atoms with Gasteiger partial charge in [-0.2, -0.15) is 0 Å². The highest BCUT2D eigenvalue weighted by atomic mass is 16.4. The van der Waals surface area contributed by atoms with E-state index in [0.717, 1.165) is 0 Å². The summed E-state index contributed by atoms with van der Waals surface area (Å²) < 4.78 is 0. The first kappa shape index (κ1) is 9.19. The van der Waals surface area contributed by atoms with Gasteiger partial charge in [0, 0.05) is 12.0 Å². The number of Topliss-reactive ketones (excluding diaryl/α,β-unsaturated/α-hetero) is 1. The normalized spacial score (nSPS) is 35.0. The van der Waals surface area contributed by atoms with Crippen LogP contribution in [0.25, 0.3) is 0 Å². The van der Waals surface area contributed by atoms with Crippen LogP contribution in [0.3, 0.4) is 0 Å². The number of rotatable bonds is 2. The van der Waals surface area contributed by atoms with Crippen molar-refractivity contribution in [3.8, 4) is 0 Å². The number of carboxylic acids is 1. The molecule has 0 aliphatic carbocycles. The van der Waals surface area contributed by atoms with Crippen LogP contribution in [0.4, 0.5) is 0 Å². The summed E-state index contributed by atoms with van der Waals surface area (Å²) in [6.07, 6.45) is 0.400. The quantitative estimate of drug-likeness (QED) is 0.615. The Morgan fingerprint density at radius 3 is 2.42 bits per heavy atom. The van der Waals surface area contributed by atoms with E-state index in [-0.39, 0.29) is 5.78 Å². The van der Waals surface area contributed by atoms with Crippen molar-refractivity contribution in [2.24, 2.45) is 5.41 Å². The highest BCUT2D eigenvalue weighted by Gasteiger charge is 2.41. The van der Waals surface area contributed by atoms with E-state index < -0.39 is 17.4 Å². The van der Waals surface area contributed by atoms with Gasteiger partial charge in [-0.1, -0.05) is 6.92 Å². The summed E-state index contributed by atoms with van der Waals surface area (Å²) in [5.41, 5.74) is -0.483. The topological polar surface area (TPSA) is 66.4 Å². The molecule has 0 unspecified atom stereocenters. The third kappa shape index (κ3) is 1.48. The lowest BCUT2D eigenvalue weighted by atomic mass is 9.84. The summed E-state index contributed by atoms with van der Waals surface area (Å²) in [6.45, 7) is 3.77. The van der Waals surface area contributed by atoms with E-state index in [0.29, 0.717) is 13.0 Å². The van der Waals surface area contributed by atoms with Gasteiger partial charge in [0.1, 0.15) is 11.8 Å². The van der Waals surface area contributed by atoms with Gasteiger partial charge in [-0.3, -0.25) is 9.59 Å². The highest BCUT2D eigenvalue weighted by molar-refractivity contribution is 5.85. The number of aliphatic carboxylic acids is 1. The molecule has 0 aromatic heterocycles. The molecule has 1 rings (SSSR count). The van der Waals surface area contributed by atoms with Gasteiger partial charge < -0.3 is 10.4 Å². The van der Waals surface area contributed by atoms with Gasteiger partial charge >= 0.3 is 5.97 Å². The van der Waals surface area contributed by atoms with E-state index in [1.807, 2.05) is 0 Å². The third-order valence-corrected chi connectivity index (χ3v) is 2.54. The van der Waals surface area contributed by atoms with Crippen molar-refractivity contribution < 1.29 is 14.7 Å². The fraction of sp³-hybridized carbons (Fsp3) is 0.750. The maximum Gasteiger partial charge on any atom is 0.320 e. The predicted molar refractivity (Wildman–Crippen MR) is 42.8 cm³/mol. The molecule has 4 nitrogen and oxygen atoms in total. The van der Waals surface area contributed by atoms with Crippen LogP contribution in [-0.4, -0.2) is 29.4 Å². The number of hydrogen-bond donors (Lipinski definition) is 2. The number of hydrogen-bond acceptors (Lipinski definition) is 3. The fourth-order valence-electron chi connectivity index (χ4n) is 1.39. The van der Waals surface area contributed by atoms with E-state index >= 15 is 0 Å². The Bertz CT molecular complexity index is 226. The molecule has 68 valence electrons. The summed E-state index contributed by atoms with van der Waals surface area (Å²) in [7, 11) is 0. The average molecular weight is 171 g/mol. The molecule has 0 radical (unpaired) electrons. The minimum atomic E-state index is -0.875. The molecule has 0 bridgehead atoms. The zero-order chi connectivity index (χ0) is 9.35. The Morgan fingerprint density at radius 1 is 1.58 bits per heavy atom. The molecule has 0 aromatic rings. The lowest BCUT2D eigenvalue weighted by molar-refractivity contribution is -0.139. The van der Waals surface area contributed by atoms with Crippen LogP contribution >= 0.6 is 0 Å². The van der Waals surface area contributed by atoms with Crippen molar-refractivity contribution >= 4 is 11.8 Å². The van der Waals surface area contributed by atoms with Gasteiger partial charge in [-0.15, -0.1) is 0 Å². The number of nitrogens with one attached hydrogen (secondary N) is 1. The van der Waals surface area contributed by atoms with Gasteiger partial charge in [0.05, 0.1) is 0 Å². The molecule has 1 aliphatic rings. The SMILES string of the molecule is CC(=O)[C@@]1(C)CN[C@@H](C(=O)O)C1. The first-order chi connectivity index (χ1) is 5.46. The maximum absolute atomic E-state index is 11.1. The van der Waals surface area contributed by atoms with Crippen LogP contribution in [-0.2, 0) is 9.59 Å². The van der Waals surface area contributed by atoms with Crippen molar-refractivity contribution in [2.45, 2.75) is 26.3 Å². The second-order valence-corrected chi connectivity index (χ2v) is 3.59. The van der Waals surface area contributed by atoms with Crippen LogP contribution in [0.2, 0.25) is 0 Å². The fourth-order valence-corrected chi connectivity index (χ4v) is 1.39. The first-order valence-electron chi connectivity index (χ1n) is 3.93. The molecular weight excluding hydrogens is 158 g/mol. The lowest BCUT2D eigenvalue weighted by Gasteiger charge is -2.17. The van der Waals surface area contributed by atoms with Gasteiger partial charge in [-0.05, 0) is 13.3 Å². The Hall–Kier alpha value is -0.900. The van der Waals surface area contributed by atoms with E-state index in [2.05, 4.69) is 5.32 Å². The average Bonchev–Trinajstić information content (AvgIpc) is 2.33. The molecule has 0 amide bonds. The first-order valence-corrected chi connectivity index (χ1v) is 3.93. The Balaban J connectivity index is 2.67. The Morgan fingerprint density at radius 2 is 2.17 bits per heavy atom. The lowest BCUT2D eigenvalue weighted by Crippen LogP contribution is -2.30. The Kier molecular flexibility index (Phi) is 2.19. The van der Waals surface area contributed by atoms with E-state index in [1.165, 1.54) is 6.92 Å². The number of carboxylic acid groups (broad SMARTS) is 1. The van der Waals surface area contributed by atoms with Crippen LogP contribution in [0.15, 0.2) is 0 Å². The number of ketones is 1. The molecular formula is C8H13NO3. The minimum Gasteiger partial charge on any atom is -0.480 e. The molecule has 1 fully saturated rings. The van der Waals surface area contributed by atoms with Gasteiger partial charge in [0.2, 0.25) is 0 Å². The summed E-state index contributed by atoms with van der Waals surface area (Å²) in [4.78, 5) is 21.6. The molecule has 2 atom stereocenters. The van der Waals surface area contributed by atoms with E-state index in [4.69, 9.17) is 5.11 Å². The van der Waals surface area contributed by atoms with Crippen LogP contribution < -0.4 is 5.32 Å². The van der Waals surface area contributed by atoms with Crippen LogP contribution in [0.1, 0.15) is 20.3 Å². The molecule has 2 N–H and O–H groups in total. The molecule has 1 saturated heterocycles. The molecule has 1 heterocycles. The van der Waals surface area contributed by atoms with Crippen molar-refractivity contribution in [1.29, 1.82) is 0 Å². The highest BCUT2D eigenvalue weighted by Crippen LogP contribution is 2.29. The van der Waals surface area contributed by atoms with Crippen molar-refractivity contribution in [1.82, 2.24) is 5.32 Å². The van der Waals surface area contributed by atoms with E-state index in [1.54, 1.807) is 6.92 Å². The van der Waals surface area contributed by atoms with Crippen molar-refractivity contribution in [3.63, 3.8) is 0 Å². The molecule has 0 saturated carbocycles. The Labute approximate surface area is 71.0 Å². The third-order valence-electron chi connectivity index (χ3n) is 2.54. The maximum atomic E-state index is 11.1. The second kappa shape index (κ2) is 2.86. The molecule has 1 aliphatic heterocycles. The van der Waals surface area contributed by atoms with Crippen LogP contribution in [0, 0.1) is 5.41 Å². The summed E-state index contributed by atoms with van der Waals surface area (Å²) in [5.74, 6) is -0.821. The number of carbonyl (C=O) groups excluding carboxylic acids is 1. The predicted octanol–water partition coefficient (Wildman–Crippen LogP) is 0.0282. The number of carbonyl (C=O) groups is 2. The summed E-state index contributed by atoms with van der Waals surface area (Å²) >= 11 is 0. The summed E-state index contributed by atoms with van der Waals surface area (Å²) in [6, 6.07) is -0.557. The van der Waals surface area contributed by atoms with Gasteiger partial charge in [-0.25, -0.2) is 0 Å². The molecule has 4 heteroatoms.